The molecule has 0 aromatic heterocycles. The lowest BCUT2D eigenvalue weighted by Crippen LogP contribution is -2.41. The van der Waals surface area contributed by atoms with Crippen molar-refractivity contribution in [3.63, 3.8) is 0 Å². The predicted octanol–water partition coefficient (Wildman–Crippen LogP) is 1.66. The maximum absolute atomic E-state index is 11.3. The van der Waals surface area contributed by atoms with Gasteiger partial charge in [0.25, 0.3) is 0 Å². The van der Waals surface area contributed by atoms with Crippen LogP contribution in [0.25, 0.3) is 0 Å². The van der Waals surface area contributed by atoms with Gasteiger partial charge in [0.05, 0.1) is 12.5 Å². The Hall–Kier alpha value is -0.830. The summed E-state index contributed by atoms with van der Waals surface area (Å²) >= 11 is 0. The molecule has 0 amide bonds. The van der Waals surface area contributed by atoms with E-state index in [-0.39, 0.29) is 35.4 Å². The topological polar surface area (TPSA) is 46.5 Å². The summed E-state index contributed by atoms with van der Waals surface area (Å²) in [4.78, 5) is 11.3. The summed E-state index contributed by atoms with van der Waals surface area (Å²) in [7, 11) is 0. The molecule has 4 atom stereocenters. The van der Waals surface area contributed by atoms with Gasteiger partial charge in [-0.05, 0) is 23.8 Å². The van der Waals surface area contributed by atoms with Crippen molar-refractivity contribution in [2.75, 3.05) is 0 Å². The van der Waals surface area contributed by atoms with Crippen molar-refractivity contribution in [1.29, 1.82) is 0 Å². The normalized spacial score (nSPS) is 44.7. The molecular weight excluding hydrogens is 204 g/mol. The standard InChI is InChI=1S/C13H18O3/c1-13(2)4-3-9(14)8-5-7-6-10(15)16-12(7)11(8)13/h5,7,9,11-12,14H,3-4,6H2,1-2H3/t7-,9+,11-,12+/m0/s1. The zero-order valence-corrected chi connectivity index (χ0v) is 9.77. The first-order valence-corrected chi connectivity index (χ1v) is 6.08. The average molecular weight is 222 g/mol. The van der Waals surface area contributed by atoms with E-state index in [9.17, 15) is 9.90 Å². The van der Waals surface area contributed by atoms with Crippen molar-refractivity contribution in [2.45, 2.75) is 45.3 Å². The van der Waals surface area contributed by atoms with E-state index in [0.717, 1.165) is 18.4 Å². The molecule has 88 valence electrons. The van der Waals surface area contributed by atoms with Crippen LogP contribution in [0, 0.1) is 17.3 Å². The lowest BCUT2D eigenvalue weighted by atomic mass is 9.65. The summed E-state index contributed by atoms with van der Waals surface area (Å²) in [5, 5.41) is 10.0. The van der Waals surface area contributed by atoms with Crippen LogP contribution < -0.4 is 0 Å². The molecule has 1 saturated heterocycles. The lowest BCUT2D eigenvalue weighted by molar-refractivity contribution is -0.144. The number of esters is 1. The Labute approximate surface area is 95.5 Å². The Balaban J connectivity index is 1.98. The molecule has 0 aromatic carbocycles. The van der Waals surface area contributed by atoms with Gasteiger partial charge in [-0.3, -0.25) is 4.79 Å². The fraction of sp³-hybridized carbons (Fsp3) is 0.769. The maximum atomic E-state index is 11.3. The molecule has 0 radical (unpaired) electrons. The van der Waals surface area contributed by atoms with E-state index in [1.54, 1.807) is 0 Å². The highest BCUT2D eigenvalue weighted by atomic mass is 16.6. The molecule has 1 heterocycles. The Morgan fingerprint density at radius 2 is 2.25 bits per heavy atom. The third-order valence-corrected chi connectivity index (χ3v) is 4.47. The lowest BCUT2D eigenvalue weighted by Gasteiger charge is -2.42. The van der Waals surface area contributed by atoms with Gasteiger partial charge in [-0.1, -0.05) is 19.9 Å². The number of rotatable bonds is 0. The fourth-order valence-corrected chi connectivity index (χ4v) is 3.65. The van der Waals surface area contributed by atoms with E-state index < -0.39 is 0 Å². The Morgan fingerprint density at radius 1 is 1.50 bits per heavy atom. The summed E-state index contributed by atoms with van der Waals surface area (Å²) in [6, 6.07) is 0. The van der Waals surface area contributed by atoms with Crippen LogP contribution >= 0.6 is 0 Å². The second-order valence-electron chi connectivity index (χ2n) is 6.01. The van der Waals surface area contributed by atoms with Crippen LogP contribution in [0.1, 0.15) is 33.1 Å². The molecule has 3 heteroatoms. The van der Waals surface area contributed by atoms with Gasteiger partial charge in [-0.25, -0.2) is 0 Å². The summed E-state index contributed by atoms with van der Waals surface area (Å²) < 4.78 is 5.44. The molecule has 1 N–H and O–H groups in total. The highest BCUT2D eigenvalue weighted by Crippen LogP contribution is 2.54. The van der Waals surface area contributed by atoms with Crippen LogP contribution in [0.4, 0.5) is 0 Å². The van der Waals surface area contributed by atoms with Crippen molar-refractivity contribution in [2.24, 2.45) is 17.3 Å². The van der Waals surface area contributed by atoms with E-state index in [1.165, 1.54) is 0 Å². The first-order chi connectivity index (χ1) is 7.49. The van der Waals surface area contributed by atoms with Gasteiger partial charge in [0.15, 0.2) is 0 Å². The largest absolute Gasteiger partial charge is 0.461 e. The zero-order valence-electron chi connectivity index (χ0n) is 9.77. The molecule has 16 heavy (non-hydrogen) atoms. The molecular formula is C13H18O3. The molecule has 0 bridgehead atoms. The minimum atomic E-state index is -0.317. The molecule has 3 rings (SSSR count). The van der Waals surface area contributed by atoms with Gasteiger partial charge in [0.1, 0.15) is 6.10 Å². The van der Waals surface area contributed by atoms with Gasteiger partial charge < -0.3 is 9.84 Å². The molecule has 2 fully saturated rings. The first kappa shape index (κ1) is 10.3. The van der Waals surface area contributed by atoms with E-state index in [1.807, 2.05) is 0 Å². The smallest absolute Gasteiger partial charge is 0.306 e. The molecule has 1 saturated carbocycles. The van der Waals surface area contributed by atoms with Crippen LogP contribution in [0.2, 0.25) is 0 Å². The summed E-state index contributed by atoms with van der Waals surface area (Å²) in [5.41, 5.74) is 1.26. The van der Waals surface area contributed by atoms with Gasteiger partial charge in [-0.15, -0.1) is 0 Å². The maximum Gasteiger partial charge on any atom is 0.306 e. The number of carbonyl (C=O) groups excluding carboxylic acids is 1. The Morgan fingerprint density at radius 3 is 3.00 bits per heavy atom. The van der Waals surface area contributed by atoms with Crippen LogP contribution in [-0.4, -0.2) is 23.3 Å². The van der Waals surface area contributed by atoms with Crippen LogP contribution in [0.15, 0.2) is 11.6 Å². The van der Waals surface area contributed by atoms with E-state index in [4.69, 9.17) is 4.74 Å². The quantitative estimate of drug-likeness (QED) is 0.501. The number of ether oxygens (including phenoxy) is 1. The fourth-order valence-electron chi connectivity index (χ4n) is 3.65. The summed E-state index contributed by atoms with van der Waals surface area (Å²) in [6.45, 7) is 4.43. The number of hydrogen-bond donors (Lipinski definition) is 1. The van der Waals surface area contributed by atoms with Crippen molar-refractivity contribution < 1.29 is 14.6 Å². The highest BCUT2D eigenvalue weighted by molar-refractivity contribution is 5.73. The van der Waals surface area contributed by atoms with Crippen molar-refractivity contribution in [3.05, 3.63) is 11.6 Å². The molecule has 3 nitrogen and oxygen atoms in total. The molecule has 1 aliphatic heterocycles. The number of carbonyl (C=O) groups is 1. The number of hydrogen-bond acceptors (Lipinski definition) is 3. The van der Waals surface area contributed by atoms with Crippen LogP contribution in [0.3, 0.4) is 0 Å². The Kier molecular flexibility index (Phi) is 2.00. The number of aliphatic hydroxyl groups excluding tert-OH is 1. The minimum Gasteiger partial charge on any atom is -0.461 e. The molecule has 2 aliphatic carbocycles. The predicted molar refractivity (Wildman–Crippen MR) is 58.6 cm³/mol. The van der Waals surface area contributed by atoms with Crippen molar-refractivity contribution in [3.8, 4) is 0 Å². The molecule has 0 unspecified atom stereocenters. The van der Waals surface area contributed by atoms with Crippen LogP contribution in [0.5, 0.6) is 0 Å². The monoisotopic (exact) mass is 222 g/mol. The molecule has 0 aromatic rings. The second-order valence-corrected chi connectivity index (χ2v) is 6.01. The third kappa shape index (κ3) is 1.27. The van der Waals surface area contributed by atoms with Crippen LogP contribution in [-0.2, 0) is 9.53 Å². The van der Waals surface area contributed by atoms with E-state index >= 15 is 0 Å². The number of fused-ring (bicyclic) bond motifs is 3. The Bertz CT molecular complexity index is 369. The SMILES string of the molecule is CC1(C)CC[C@@H](O)C2=C[C@H]3CC(=O)O[C@H]3[C@H]21. The van der Waals surface area contributed by atoms with E-state index in [0.29, 0.717) is 6.42 Å². The van der Waals surface area contributed by atoms with Crippen molar-refractivity contribution >= 4 is 5.97 Å². The van der Waals surface area contributed by atoms with Gasteiger partial charge in [0, 0.05) is 11.8 Å². The average Bonchev–Trinajstić information content (AvgIpc) is 2.67. The van der Waals surface area contributed by atoms with Gasteiger partial charge >= 0.3 is 5.97 Å². The van der Waals surface area contributed by atoms with Gasteiger partial charge in [-0.2, -0.15) is 0 Å². The number of aliphatic hydroxyl groups is 1. The zero-order chi connectivity index (χ0) is 11.5. The molecule has 0 spiro atoms. The first-order valence-electron chi connectivity index (χ1n) is 6.08. The summed E-state index contributed by atoms with van der Waals surface area (Å²) in [6.07, 6.45) is 4.11. The van der Waals surface area contributed by atoms with Crippen molar-refractivity contribution in [1.82, 2.24) is 0 Å². The highest BCUT2D eigenvalue weighted by Gasteiger charge is 2.54. The second kappa shape index (κ2) is 3.10. The van der Waals surface area contributed by atoms with Gasteiger partial charge in [0.2, 0.25) is 0 Å². The molecule has 3 aliphatic rings. The van der Waals surface area contributed by atoms with E-state index in [2.05, 4.69) is 19.9 Å². The summed E-state index contributed by atoms with van der Waals surface area (Å²) in [5.74, 6) is 0.355. The minimum absolute atomic E-state index is 0.00699. The third-order valence-electron chi connectivity index (χ3n) is 4.47.